The highest BCUT2D eigenvalue weighted by atomic mass is 127. The van der Waals surface area contributed by atoms with E-state index >= 15 is 0 Å². The molecule has 0 aliphatic carbocycles. The lowest BCUT2D eigenvalue weighted by Gasteiger charge is -2.10. The minimum atomic E-state index is 0. The molecule has 134 valence electrons. The van der Waals surface area contributed by atoms with Crippen LogP contribution in [-0.2, 0) is 13.1 Å². The molecule has 0 aliphatic rings. The molecule has 0 spiro atoms. The zero-order chi connectivity index (χ0) is 16.7. The SMILES string of the molecule is CN=C(NCCCn1cc(C)cn1)NCc1nc(C(C)C)cs1.I. The van der Waals surface area contributed by atoms with Crippen LogP contribution < -0.4 is 10.6 Å². The molecule has 2 aromatic heterocycles. The van der Waals surface area contributed by atoms with E-state index in [0.717, 1.165) is 36.2 Å². The van der Waals surface area contributed by atoms with E-state index in [2.05, 4.69) is 58.1 Å². The third kappa shape index (κ3) is 6.76. The molecule has 2 rings (SSSR count). The number of rotatable bonds is 7. The maximum Gasteiger partial charge on any atom is 0.191 e. The van der Waals surface area contributed by atoms with Gasteiger partial charge in [0.1, 0.15) is 5.01 Å². The molecule has 2 N–H and O–H groups in total. The first kappa shape index (κ1) is 20.9. The highest BCUT2D eigenvalue weighted by Crippen LogP contribution is 2.17. The number of nitrogens with one attached hydrogen (secondary N) is 2. The lowest BCUT2D eigenvalue weighted by molar-refractivity contribution is 0.570. The van der Waals surface area contributed by atoms with Gasteiger partial charge in [-0.05, 0) is 24.8 Å². The van der Waals surface area contributed by atoms with E-state index in [4.69, 9.17) is 0 Å². The first-order valence-corrected chi connectivity index (χ1v) is 8.84. The monoisotopic (exact) mass is 462 g/mol. The lowest BCUT2D eigenvalue weighted by atomic mass is 10.2. The van der Waals surface area contributed by atoms with E-state index in [1.54, 1.807) is 18.4 Å². The number of hydrogen-bond donors (Lipinski definition) is 2. The fourth-order valence-electron chi connectivity index (χ4n) is 2.09. The van der Waals surface area contributed by atoms with Gasteiger partial charge in [-0.3, -0.25) is 9.67 Å². The van der Waals surface area contributed by atoms with Gasteiger partial charge in [-0.2, -0.15) is 5.10 Å². The number of hydrogen-bond acceptors (Lipinski definition) is 4. The van der Waals surface area contributed by atoms with Crippen LogP contribution in [0.1, 0.15) is 42.5 Å². The van der Waals surface area contributed by atoms with Gasteiger partial charge >= 0.3 is 0 Å². The van der Waals surface area contributed by atoms with Crippen molar-refractivity contribution in [2.75, 3.05) is 13.6 Å². The standard InChI is InChI=1S/C16H26N6S.HI/c1-12(2)14-11-23-15(21-14)9-19-16(17-4)18-6-5-7-22-10-13(3)8-20-22;/h8,10-12H,5-7,9H2,1-4H3,(H2,17,18,19);1H. The Morgan fingerprint density at radius 1 is 1.38 bits per heavy atom. The number of aryl methyl sites for hydroxylation is 2. The fraction of sp³-hybridized carbons (Fsp3) is 0.562. The average Bonchev–Trinajstić information content (AvgIpc) is 3.15. The molecule has 6 nitrogen and oxygen atoms in total. The summed E-state index contributed by atoms with van der Waals surface area (Å²) in [6.07, 6.45) is 4.94. The smallest absolute Gasteiger partial charge is 0.191 e. The Bertz CT molecular complexity index is 634. The summed E-state index contributed by atoms with van der Waals surface area (Å²) in [7, 11) is 1.79. The second-order valence-corrected chi connectivity index (χ2v) is 6.75. The fourth-order valence-corrected chi connectivity index (χ4v) is 2.98. The molecule has 24 heavy (non-hydrogen) atoms. The van der Waals surface area contributed by atoms with Crippen molar-refractivity contribution in [3.05, 3.63) is 34.0 Å². The van der Waals surface area contributed by atoms with Crippen molar-refractivity contribution in [1.29, 1.82) is 0 Å². The molecule has 0 saturated heterocycles. The summed E-state index contributed by atoms with van der Waals surface area (Å²) in [5.74, 6) is 1.28. The van der Waals surface area contributed by atoms with Crippen molar-refractivity contribution < 1.29 is 0 Å². The number of thiazole rings is 1. The molecule has 0 bridgehead atoms. The number of aliphatic imine (C=N–C) groups is 1. The van der Waals surface area contributed by atoms with E-state index in [-0.39, 0.29) is 24.0 Å². The quantitative estimate of drug-likeness (QED) is 0.287. The molecule has 0 atom stereocenters. The van der Waals surface area contributed by atoms with Gasteiger partial charge in [-0.25, -0.2) is 4.98 Å². The Kier molecular flexibility index (Phi) is 9.27. The van der Waals surface area contributed by atoms with Crippen LogP contribution in [0.3, 0.4) is 0 Å². The molecular weight excluding hydrogens is 435 g/mol. The first-order valence-electron chi connectivity index (χ1n) is 7.96. The summed E-state index contributed by atoms with van der Waals surface area (Å²) in [4.78, 5) is 8.86. The maximum absolute atomic E-state index is 4.62. The summed E-state index contributed by atoms with van der Waals surface area (Å²) in [5.41, 5.74) is 2.35. The highest BCUT2D eigenvalue weighted by Gasteiger charge is 2.06. The van der Waals surface area contributed by atoms with E-state index in [1.807, 2.05) is 10.9 Å². The van der Waals surface area contributed by atoms with Crippen molar-refractivity contribution >= 4 is 41.3 Å². The second-order valence-electron chi connectivity index (χ2n) is 5.81. The van der Waals surface area contributed by atoms with Crippen LogP contribution in [0, 0.1) is 6.92 Å². The first-order chi connectivity index (χ1) is 11.1. The van der Waals surface area contributed by atoms with E-state index in [1.165, 1.54) is 5.56 Å². The number of nitrogens with zero attached hydrogens (tertiary/aromatic N) is 4. The van der Waals surface area contributed by atoms with Gasteiger partial charge in [0.05, 0.1) is 18.4 Å². The largest absolute Gasteiger partial charge is 0.356 e. The molecule has 0 aliphatic heterocycles. The Morgan fingerprint density at radius 3 is 2.75 bits per heavy atom. The Hall–Kier alpha value is -1.16. The predicted octanol–water partition coefficient (Wildman–Crippen LogP) is 3.14. The van der Waals surface area contributed by atoms with Gasteiger partial charge in [0.15, 0.2) is 5.96 Å². The molecule has 0 aromatic carbocycles. The summed E-state index contributed by atoms with van der Waals surface area (Å²) in [5, 5.41) is 14.1. The van der Waals surface area contributed by atoms with Crippen molar-refractivity contribution in [2.45, 2.75) is 46.2 Å². The lowest BCUT2D eigenvalue weighted by Crippen LogP contribution is -2.37. The highest BCUT2D eigenvalue weighted by molar-refractivity contribution is 14.0. The van der Waals surface area contributed by atoms with Crippen LogP contribution in [0.25, 0.3) is 0 Å². The van der Waals surface area contributed by atoms with Gasteiger partial charge < -0.3 is 10.6 Å². The third-order valence-corrected chi connectivity index (χ3v) is 4.28. The van der Waals surface area contributed by atoms with Crippen molar-refractivity contribution in [1.82, 2.24) is 25.4 Å². The number of guanidine groups is 1. The molecule has 2 aromatic rings. The van der Waals surface area contributed by atoms with Gasteiger partial charge in [0.2, 0.25) is 0 Å². The van der Waals surface area contributed by atoms with Crippen LogP contribution >= 0.6 is 35.3 Å². The van der Waals surface area contributed by atoms with Crippen LogP contribution in [-0.4, -0.2) is 34.3 Å². The zero-order valence-corrected chi connectivity index (χ0v) is 17.9. The molecule has 0 saturated carbocycles. The van der Waals surface area contributed by atoms with Gasteiger partial charge in [-0.15, -0.1) is 35.3 Å². The van der Waals surface area contributed by atoms with Crippen LogP contribution in [0.15, 0.2) is 22.8 Å². The molecule has 0 radical (unpaired) electrons. The minimum Gasteiger partial charge on any atom is -0.356 e. The van der Waals surface area contributed by atoms with Crippen LogP contribution in [0.5, 0.6) is 0 Å². The zero-order valence-electron chi connectivity index (χ0n) is 14.7. The molecule has 8 heteroatoms. The number of aromatic nitrogens is 3. The number of halogens is 1. The van der Waals surface area contributed by atoms with Crippen molar-refractivity contribution in [2.24, 2.45) is 4.99 Å². The molecular formula is C16H27IN6S. The van der Waals surface area contributed by atoms with E-state index in [9.17, 15) is 0 Å². The Balaban J connectivity index is 0.00000288. The van der Waals surface area contributed by atoms with Gasteiger partial charge in [0, 0.05) is 31.7 Å². The van der Waals surface area contributed by atoms with Crippen LogP contribution in [0.2, 0.25) is 0 Å². The molecule has 0 fully saturated rings. The topological polar surface area (TPSA) is 67.1 Å². The maximum atomic E-state index is 4.62. The van der Waals surface area contributed by atoms with Crippen molar-refractivity contribution in [3.63, 3.8) is 0 Å². The van der Waals surface area contributed by atoms with Gasteiger partial charge in [0.25, 0.3) is 0 Å². The Labute approximate surface area is 165 Å². The summed E-state index contributed by atoms with van der Waals surface area (Å²) < 4.78 is 1.97. The summed E-state index contributed by atoms with van der Waals surface area (Å²) >= 11 is 1.69. The van der Waals surface area contributed by atoms with Crippen LogP contribution in [0.4, 0.5) is 0 Å². The van der Waals surface area contributed by atoms with Gasteiger partial charge in [-0.1, -0.05) is 13.8 Å². The second kappa shape index (κ2) is 10.7. The molecule has 0 amide bonds. The Morgan fingerprint density at radius 2 is 2.17 bits per heavy atom. The predicted molar refractivity (Wildman–Crippen MR) is 111 cm³/mol. The van der Waals surface area contributed by atoms with E-state index < -0.39 is 0 Å². The summed E-state index contributed by atoms with van der Waals surface area (Å²) in [6.45, 7) is 8.84. The minimum absolute atomic E-state index is 0. The molecule has 2 heterocycles. The van der Waals surface area contributed by atoms with E-state index in [0.29, 0.717) is 12.5 Å². The summed E-state index contributed by atoms with van der Waals surface area (Å²) in [6, 6.07) is 0. The molecule has 0 unspecified atom stereocenters. The van der Waals surface area contributed by atoms with Crippen molar-refractivity contribution in [3.8, 4) is 0 Å². The third-order valence-electron chi connectivity index (χ3n) is 3.41. The average molecular weight is 462 g/mol. The normalized spacial score (nSPS) is 11.5.